The Morgan fingerprint density at radius 3 is 2.58 bits per heavy atom. The van der Waals surface area contributed by atoms with Crippen LogP contribution in [0.4, 0.5) is 10.2 Å². The number of hydrogen-bond donors (Lipinski definition) is 0. The lowest BCUT2D eigenvalue weighted by atomic mass is 10.1. The van der Waals surface area contributed by atoms with E-state index in [2.05, 4.69) is 9.97 Å². The minimum Gasteiger partial charge on any atom is -0.436 e. The number of fused-ring (bicyclic) bond motifs is 1. The van der Waals surface area contributed by atoms with Crippen LogP contribution in [0.25, 0.3) is 0 Å². The first-order chi connectivity index (χ1) is 15.8. The summed E-state index contributed by atoms with van der Waals surface area (Å²) >= 11 is 0. The van der Waals surface area contributed by atoms with Gasteiger partial charge in [-0.2, -0.15) is 0 Å². The van der Waals surface area contributed by atoms with Crippen molar-refractivity contribution in [2.24, 2.45) is 0 Å². The van der Waals surface area contributed by atoms with Crippen molar-refractivity contribution in [3.05, 3.63) is 70.1 Å². The molecule has 2 aromatic heterocycles. The number of benzene rings is 1. The number of amides is 2. The van der Waals surface area contributed by atoms with Crippen molar-refractivity contribution in [1.82, 2.24) is 19.9 Å². The van der Waals surface area contributed by atoms with E-state index in [4.69, 9.17) is 9.40 Å². The zero-order chi connectivity index (χ0) is 23.3. The van der Waals surface area contributed by atoms with Crippen molar-refractivity contribution in [3.63, 3.8) is 0 Å². The molecule has 0 bridgehead atoms. The first-order valence-electron chi connectivity index (χ1n) is 11.0. The van der Waals surface area contributed by atoms with E-state index in [1.807, 2.05) is 6.92 Å². The Morgan fingerprint density at radius 2 is 1.88 bits per heavy atom. The van der Waals surface area contributed by atoms with Gasteiger partial charge in [0.2, 0.25) is 11.7 Å². The van der Waals surface area contributed by atoms with E-state index >= 15 is 0 Å². The molecule has 0 spiro atoms. The van der Waals surface area contributed by atoms with Crippen molar-refractivity contribution in [1.29, 1.82) is 0 Å². The summed E-state index contributed by atoms with van der Waals surface area (Å²) < 4.78 is 18.9. The molecule has 2 amide bonds. The van der Waals surface area contributed by atoms with Crippen LogP contribution in [0.5, 0.6) is 0 Å². The lowest BCUT2D eigenvalue weighted by Crippen LogP contribution is -2.32. The number of carbonyl (C=O) groups is 2. The fourth-order valence-corrected chi connectivity index (χ4v) is 4.62. The van der Waals surface area contributed by atoms with Crippen molar-refractivity contribution in [3.8, 4) is 0 Å². The first-order valence-corrected chi connectivity index (χ1v) is 11.0. The molecular weight excluding hydrogens is 425 g/mol. The van der Waals surface area contributed by atoms with Crippen LogP contribution < -0.4 is 4.90 Å². The third-order valence-corrected chi connectivity index (χ3v) is 6.26. The topological polar surface area (TPSA) is 92.4 Å². The number of hydrogen-bond acceptors (Lipinski definition) is 6. The Morgan fingerprint density at radius 1 is 1.12 bits per heavy atom. The summed E-state index contributed by atoms with van der Waals surface area (Å²) in [6.07, 6.45) is 1.77. The fourth-order valence-electron chi connectivity index (χ4n) is 4.62. The second kappa shape index (κ2) is 8.06. The molecule has 5 rings (SSSR count). The summed E-state index contributed by atoms with van der Waals surface area (Å²) in [5, 5.41) is 0. The van der Waals surface area contributed by atoms with E-state index in [0.717, 1.165) is 29.7 Å². The highest BCUT2D eigenvalue weighted by Gasteiger charge is 2.38. The van der Waals surface area contributed by atoms with Crippen LogP contribution in [0.1, 0.15) is 63.7 Å². The van der Waals surface area contributed by atoms with Gasteiger partial charge < -0.3 is 9.32 Å². The maximum atomic E-state index is 13.3. The number of rotatable bonds is 4. The smallest absolute Gasteiger partial charge is 0.292 e. The number of oxazole rings is 1. The molecule has 8 nitrogen and oxygen atoms in total. The van der Waals surface area contributed by atoms with Gasteiger partial charge in [0.05, 0.1) is 24.7 Å². The molecule has 2 aliphatic rings. The quantitative estimate of drug-likeness (QED) is 0.604. The Bertz CT molecular complexity index is 1250. The lowest BCUT2D eigenvalue weighted by molar-refractivity contribution is -0.117. The Balaban J connectivity index is 1.47. The molecule has 0 unspecified atom stereocenters. The van der Waals surface area contributed by atoms with Gasteiger partial charge in [-0.1, -0.05) is 12.1 Å². The standard InChI is InChI=1S/C24H24FN5O3/c1-13-18-11-20(31)30(12-16-6-8-17(25)9-7-16)23(18)28-22(27-13)19-5-4-10-29(19)24(32)21-14(2)26-15(3)33-21/h6-9,19H,4-5,10-12H2,1-3H3/t19-/m0/s1. The number of anilines is 1. The van der Waals surface area contributed by atoms with E-state index in [-0.39, 0.29) is 35.9 Å². The van der Waals surface area contributed by atoms with E-state index < -0.39 is 0 Å². The summed E-state index contributed by atoms with van der Waals surface area (Å²) in [6.45, 7) is 6.20. The van der Waals surface area contributed by atoms with Crippen molar-refractivity contribution in [2.75, 3.05) is 11.4 Å². The second-order valence-corrected chi connectivity index (χ2v) is 8.56. The molecule has 0 N–H and O–H groups in total. The summed E-state index contributed by atoms with van der Waals surface area (Å²) in [6, 6.07) is 5.77. The first kappa shape index (κ1) is 21.2. The Kier molecular flexibility index (Phi) is 5.19. The van der Waals surface area contributed by atoms with E-state index in [1.54, 1.807) is 35.8 Å². The zero-order valence-electron chi connectivity index (χ0n) is 18.8. The Labute approximate surface area is 190 Å². The number of aromatic nitrogens is 3. The summed E-state index contributed by atoms with van der Waals surface area (Å²) in [5.74, 6) is 1.15. The minimum absolute atomic E-state index is 0.0732. The predicted octanol–water partition coefficient (Wildman–Crippen LogP) is 3.60. The fraction of sp³-hybridized carbons (Fsp3) is 0.375. The third-order valence-electron chi connectivity index (χ3n) is 6.26. The lowest BCUT2D eigenvalue weighted by Gasteiger charge is -2.24. The molecule has 33 heavy (non-hydrogen) atoms. The zero-order valence-corrected chi connectivity index (χ0v) is 18.8. The maximum absolute atomic E-state index is 13.3. The molecule has 2 aliphatic heterocycles. The molecule has 1 atom stereocenters. The maximum Gasteiger partial charge on any atom is 0.292 e. The molecular formula is C24H24FN5O3. The van der Waals surface area contributed by atoms with Crippen LogP contribution in [-0.4, -0.2) is 38.2 Å². The van der Waals surface area contributed by atoms with Gasteiger partial charge in [0.15, 0.2) is 11.7 Å². The van der Waals surface area contributed by atoms with Crippen LogP contribution >= 0.6 is 0 Å². The van der Waals surface area contributed by atoms with Gasteiger partial charge in [-0.15, -0.1) is 0 Å². The number of nitrogens with zero attached hydrogens (tertiary/aromatic N) is 5. The molecule has 9 heteroatoms. The molecule has 1 fully saturated rings. The minimum atomic E-state index is -0.324. The highest BCUT2D eigenvalue weighted by molar-refractivity contribution is 6.00. The van der Waals surface area contributed by atoms with Crippen LogP contribution in [-0.2, 0) is 17.8 Å². The molecule has 0 aliphatic carbocycles. The molecule has 0 saturated carbocycles. The molecule has 170 valence electrons. The second-order valence-electron chi connectivity index (χ2n) is 8.56. The van der Waals surface area contributed by atoms with Crippen molar-refractivity contribution < 1.29 is 18.4 Å². The molecule has 0 radical (unpaired) electrons. The van der Waals surface area contributed by atoms with Crippen LogP contribution in [0.2, 0.25) is 0 Å². The summed E-state index contributed by atoms with van der Waals surface area (Å²) in [5.41, 5.74) is 2.90. The van der Waals surface area contributed by atoms with Crippen molar-refractivity contribution >= 4 is 17.6 Å². The number of carbonyl (C=O) groups excluding carboxylic acids is 2. The average Bonchev–Trinajstić information content (AvgIpc) is 3.47. The van der Waals surface area contributed by atoms with Gasteiger partial charge in [0.25, 0.3) is 5.91 Å². The van der Waals surface area contributed by atoms with Gasteiger partial charge in [0.1, 0.15) is 11.6 Å². The number of likely N-dealkylation sites (tertiary alicyclic amines) is 1. The van der Waals surface area contributed by atoms with E-state index in [9.17, 15) is 14.0 Å². The largest absolute Gasteiger partial charge is 0.436 e. The number of aryl methyl sites for hydroxylation is 3. The monoisotopic (exact) mass is 449 g/mol. The predicted molar refractivity (Wildman–Crippen MR) is 117 cm³/mol. The van der Waals surface area contributed by atoms with Crippen LogP contribution in [0, 0.1) is 26.6 Å². The van der Waals surface area contributed by atoms with Gasteiger partial charge in [0, 0.05) is 24.7 Å². The van der Waals surface area contributed by atoms with Crippen LogP contribution in [0.3, 0.4) is 0 Å². The van der Waals surface area contributed by atoms with Gasteiger partial charge in [-0.25, -0.2) is 19.3 Å². The number of halogens is 1. The highest BCUT2D eigenvalue weighted by atomic mass is 19.1. The van der Waals surface area contributed by atoms with E-state index in [0.29, 0.717) is 36.3 Å². The molecule has 1 aromatic carbocycles. The third kappa shape index (κ3) is 3.77. The average molecular weight is 449 g/mol. The Hall–Kier alpha value is -3.62. The molecule has 1 saturated heterocycles. The highest BCUT2D eigenvalue weighted by Crippen LogP contribution is 2.36. The van der Waals surface area contributed by atoms with Crippen LogP contribution in [0.15, 0.2) is 28.7 Å². The summed E-state index contributed by atoms with van der Waals surface area (Å²) in [7, 11) is 0. The normalized spacial score (nSPS) is 17.7. The summed E-state index contributed by atoms with van der Waals surface area (Å²) in [4.78, 5) is 43.0. The molecule has 3 aromatic rings. The van der Waals surface area contributed by atoms with Gasteiger partial charge in [-0.3, -0.25) is 14.5 Å². The van der Waals surface area contributed by atoms with Gasteiger partial charge in [-0.05, 0) is 44.4 Å². The van der Waals surface area contributed by atoms with E-state index in [1.165, 1.54) is 12.1 Å². The molecule has 4 heterocycles. The SMILES string of the molecule is Cc1nc(C)c(C(=O)N2CCC[C@H]2c2nc(C)c3c(n2)N(Cc2ccc(F)cc2)C(=O)C3)o1. The van der Waals surface area contributed by atoms with Gasteiger partial charge >= 0.3 is 0 Å². The van der Waals surface area contributed by atoms with Crippen molar-refractivity contribution in [2.45, 2.75) is 52.6 Å².